The van der Waals surface area contributed by atoms with Gasteiger partial charge in [-0.3, -0.25) is 9.69 Å². The minimum Gasteiger partial charge on any atom is -0.484 e. The van der Waals surface area contributed by atoms with Crippen LogP contribution in [-0.2, 0) is 4.79 Å². The van der Waals surface area contributed by atoms with Gasteiger partial charge in [-0.05, 0) is 43.3 Å². The molecule has 0 atom stereocenters. The number of carbonyl (C=O) groups is 1. The molecule has 27 heavy (non-hydrogen) atoms. The van der Waals surface area contributed by atoms with Crippen molar-refractivity contribution in [3.63, 3.8) is 0 Å². The maximum absolute atomic E-state index is 11.9. The fraction of sp³-hybridized carbons (Fsp3) is 0.421. The summed E-state index contributed by atoms with van der Waals surface area (Å²) in [6.45, 7) is 5.49. The second-order valence-electron chi connectivity index (χ2n) is 6.32. The Balaban J connectivity index is 1.26. The lowest BCUT2D eigenvalue weighted by atomic mass is 10.3. The van der Waals surface area contributed by atoms with E-state index >= 15 is 0 Å². The van der Waals surface area contributed by atoms with Crippen LogP contribution in [0.5, 0.6) is 5.75 Å². The van der Waals surface area contributed by atoms with Gasteiger partial charge in [0.25, 0.3) is 5.91 Å². The number of aromatic nitrogens is 2. The van der Waals surface area contributed by atoms with E-state index in [1.165, 1.54) is 0 Å². The number of carbonyl (C=O) groups excluding carboxylic acids is 1. The summed E-state index contributed by atoms with van der Waals surface area (Å²) < 4.78 is 6.45. The summed E-state index contributed by atoms with van der Waals surface area (Å²) in [5.74, 6) is 1.40. The van der Waals surface area contributed by atoms with E-state index in [0.29, 0.717) is 12.3 Å². The fourth-order valence-electron chi connectivity index (χ4n) is 2.89. The topological polar surface area (TPSA) is 70.6 Å². The van der Waals surface area contributed by atoms with Crippen molar-refractivity contribution >= 4 is 27.8 Å². The van der Waals surface area contributed by atoms with Crippen LogP contribution in [0.4, 0.5) is 5.95 Å². The van der Waals surface area contributed by atoms with Gasteiger partial charge in [-0.15, -0.1) is 0 Å². The van der Waals surface area contributed by atoms with Gasteiger partial charge < -0.3 is 15.0 Å². The number of anilines is 1. The number of piperazine rings is 1. The SMILES string of the molecule is O=C(COc1ccc(Br)cc1)NCCCN1CCN(c2ncccn2)CC1. The molecular formula is C19H24BrN5O2. The molecule has 1 aromatic carbocycles. The summed E-state index contributed by atoms with van der Waals surface area (Å²) in [6, 6.07) is 9.26. The van der Waals surface area contributed by atoms with Gasteiger partial charge >= 0.3 is 0 Å². The Bertz CT molecular complexity index is 706. The molecule has 0 radical (unpaired) electrons. The van der Waals surface area contributed by atoms with Crippen molar-refractivity contribution in [3.8, 4) is 5.75 Å². The zero-order valence-electron chi connectivity index (χ0n) is 15.2. The molecule has 1 aliphatic rings. The highest BCUT2D eigenvalue weighted by molar-refractivity contribution is 9.10. The molecule has 2 heterocycles. The summed E-state index contributed by atoms with van der Waals surface area (Å²) in [4.78, 5) is 25.1. The van der Waals surface area contributed by atoms with Crippen molar-refractivity contribution in [1.82, 2.24) is 20.2 Å². The average molecular weight is 434 g/mol. The maximum atomic E-state index is 11.9. The smallest absolute Gasteiger partial charge is 0.257 e. The van der Waals surface area contributed by atoms with Gasteiger partial charge in [0.05, 0.1) is 0 Å². The standard InChI is InChI=1S/C19H24BrN5O2/c20-16-3-5-17(6-4-16)27-15-18(26)21-9-2-10-24-11-13-25(14-12-24)19-22-7-1-8-23-19/h1,3-8H,2,9-15H2,(H,21,26). The van der Waals surface area contributed by atoms with E-state index in [1.807, 2.05) is 30.3 Å². The molecule has 0 saturated carbocycles. The van der Waals surface area contributed by atoms with Crippen LogP contribution < -0.4 is 15.0 Å². The van der Waals surface area contributed by atoms with Gasteiger partial charge in [0.1, 0.15) is 5.75 Å². The predicted molar refractivity (Wildman–Crippen MR) is 108 cm³/mol. The highest BCUT2D eigenvalue weighted by Crippen LogP contribution is 2.15. The van der Waals surface area contributed by atoms with Crippen molar-refractivity contribution in [2.75, 3.05) is 50.8 Å². The second-order valence-corrected chi connectivity index (χ2v) is 7.24. The molecule has 1 N–H and O–H groups in total. The van der Waals surface area contributed by atoms with Crippen molar-refractivity contribution in [2.45, 2.75) is 6.42 Å². The Hall–Kier alpha value is -2.19. The van der Waals surface area contributed by atoms with Crippen LogP contribution in [0.3, 0.4) is 0 Å². The van der Waals surface area contributed by atoms with Gasteiger partial charge in [-0.1, -0.05) is 15.9 Å². The minimum absolute atomic E-state index is 0.0391. The number of ether oxygens (including phenoxy) is 1. The Morgan fingerprint density at radius 1 is 1.11 bits per heavy atom. The van der Waals surface area contributed by atoms with E-state index in [4.69, 9.17) is 4.74 Å². The molecule has 144 valence electrons. The molecule has 1 amide bonds. The molecule has 0 spiro atoms. The molecule has 0 bridgehead atoms. The number of rotatable bonds is 8. The lowest BCUT2D eigenvalue weighted by Gasteiger charge is -2.34. The summed E-state index contributed by atoms with van der Waals surface area (Å²) >= 11 is 3.37. The summed E-state index contributed by atoms with van der Waals surface area (Å²) in [5.41, 5.74) is 0. The molecule has 1 aromatic heterocycles. The first-order valence-electron chi connectivity index (χ1n) is 9.10. The van der Waals surface area contributed by atoms with Crippen LogP contribution in [0.25, 0.3) is 0 Å². The Morgan fingerprint density at radius 2 is 1.81 bits per heavy atom. The summed E-state index contributed by atoms with van der Waals surface area (Å²) in [6.07, 6.45) is 4.47. The van der Waals surface area contributed by atoms with Crippen LogP contribution in [0.1, 0.15) is 6.42 Å². The van der Waals surface area contributed by atoms with Crippen LogP contribution >= 0.6 is 15.9 Å². The van der Waals surface area contributed by atoms with Gasteiger partial charge in [-0.2, -0.15) is 0 Å². The van der Waals surface area contributed by atoms with Crippen molar-refractivity contribution in [1.29, 1.82) is 0 Å². The zero-order valence-corrected chi connectivity index (χ0v) is 16.8. The van der Waals surface area contributed by atoms with Crippen LogP contribution in [0.15, 0.2) is 47.2 Å². The molecule has 7 nitrogen and oxygen atoms in total. The van der Waals surface area contributed by atoms with E-state index in [1.54, 1.807) is 12.4 Å². The number of nitrogens with one attached hydrogen (secondary N) is 1. The number of halogens is 1. The third-order valence-electron chi connectivity index (χ3n) is 4.36. The first kappa shape index (κ1) is 19.6. The monoisotopic (exact) mass is 433 g/mol. The highest BCUT2D eigenvalue weighted by Gasteiger charge is 2.18. The van der Waals surface area contributed by atoms with Crippen molar-refractivity contribution in [2.24, 2.45) is 0 Å². The molecular weight excluding hydrogens is 410 g/mol. The number of amides is 1. The Kier molecular flexibility index (Phi) is 7.41. The molecule has 1 fully saturated rings. The highest BCUT2D eigenvalue weighted by atomic mass is 79.9. The van der Waals surface area contributed by atoms with Gasteiger partial charge in [0.15, 0.2) is 6.61 Å². The molecule has 8 heteroatoms. The predicted octanol–water partition coefficient (Wildman–Crippen LogP) is 1.95. The number of hydrogen-bond donors (Lipinski definition) is 1. The first-order valence-corrected chi connectivity index (χ1v) is 9.89. The van der Waals surface area contributed by atoms with Crippen molar-refractivity contribution in [3.05, 3.63) is 47.2 Å². The van der Waals surface area contributed by atoms with E-state index in [9.17, 15) is 4.79 Å². The van der Waals surface area contributed by atoms with Gasteiger partial charge in [0.2, 0.25) is 5.95 Å². The molecule has 0 unspecified atom stereocenters. The van der Waals surface area contributed by atoms with Crippen LogP contribution in [-0.4, -0.2) is 66.7 Å². The Labute approximate surface area is 167 Å². The lowest BCUT2D eigenvalue weighted by molar-refractivity contribution is -0.123. The van der Waals surface area contributed by atoms with E-state index in [0.717, 1.165) is 49.6 Å². The van der Waals surface area contributed by atoms with E-state index < -0.39 is 0 Å². The third-order valence-corrected chi connectivity index (χ3v) is 4.89. The Morgan fingerprint density at radius 3 is 2.52 bits per heavy atom. The number of benzene rings is 1. The summed E-state index contributed by atoms with van der Waals surface area (Å²) in [5, 5.41) is 2.91. The number of nitrogens with zero attached hydrogens (tertiary/aromatic N) is 4. The maximum Gasteiger partial charge on any atom is 0.257 e. The van der Waals surface area contributed by atoms with E-state index in [2.05, 4.69) is 41.0 Å². The van der Waals surface area contributed by atoms with Gasteiger partial charge in [-0.25, -0.2) is 9.97 Å². The average Bonchev–Trinajstić information content (AvgIpc) is 2.72. The quantitative estimate of drug-likeness (QED) is 0.641. The minimum atomic E-state index is -0.0936. The number of hydrogen-bond acceptors (Lipinski definition) is 6. The molecule has 1 saturated heterocycles. The lowest BCUT2D eigenvalue weighted by Crippen LogP contribution is -2.47. The van der Waals surface area contributed by atoms with Crippen molar-refractivity contribution < 1.29 is 9.53 Å². The largest absolute Gasteiger partial charge is 0.484 e. The molecule has 2 aromatic rings. The molecule has 3 rings (SSSR count). The normalized spacial score (nSPS) is 14.8. The van der Waals surface area contributed by atoms with Gasteiger partial charge in [0, 0.05) is 49.6 Å². The van der Waals surface area contributed by atoms with Crippen LogP contribution in [0.2, 0.25) is 0 Å². The first-order chi connectivity index (χ1) is 13.2. The van der Waals surface area contributed by atoms with E-state index in [-0.39, 0.29) is 12.5 Å². The fourth-order valence-corrected chi connectivity index (χ4v) is 3.15. The second kappa shape index (κ2) is 10.2. The zero-order chi connectivity index (χ0) is 18.9. The molecule has 1 aliphatic heterocycles. The summed E-state index contributed by atoms with van der Waals surface area (Å²) in [7, 11) is 0. The molecule has 0 aliphatic carbocycles. The third kappa shape index (κ3) is 6.48. The van der Waals surface area contributed by atoms with Crippen LogP contribution in [0, 0.1) is 0 Å².